The zero-order chi connectivity index (χ0) is 38.0. The second-order valence-electron chi connectivity index (χ2n) is 12.6. The van der Waals surface area contributed by atoms with Crippen LogP contribution in [-0.4, -0.2) is 68.8 Å². The summed E-state index contributed by atoms with van der Waals surface area (Å²) in [6.45, 7) is 4.31. The molecule has 0 spiro atoms. The van der Waals surface area contributed by atoms with E-state index in [1.807, 2.05) is 0 Å². The van der Waals surface area contributed by atoms with Crippen LogP contribution in [0.4, 0.5) is 0 Å². The van der Waals surface area contributed by atoms with E-state index in [4.69, 9.17) is 9.47 Å². The number of unbranched alkanes of at least 4 members (excludes halogenated alkanes) is 10. The smallest absolute Gasteiger partial charge is 0.872 e. The van der Waals surface area contributed by atoms with Crippen molar-refractivity contribution in [2.24, 2.45) is 0 Å². The van der Waals surface area contributed by atoms with Gasteiger partial charge in [-0.15, -0.1) is 5.75 Å². The molecule has 0 aromatic heterocycles. The normalized spacial score (nSPS) is 11.2. The summed E-state index contributed by atoms with van der Waals surface area (Å²) in [7, 11) is -9.22. The van der Waals surface area contributed by atoms with E-state index in [1.54, 1.807) is 60.7 Å². The monoisotopic (exact) mass is 794 g/mol. The van der Waals surface area contributed by atoms with Gasteiger partial charge in [0.15, 0.2) is 5.75 Å². The molecule has 0 unspecified atom stereocenters. The molecule has 4 aromatic rings. The Labute approximate surface area is 345 Å². The van der Waals surface area contributed by atoms with Crippen molar-refractivity contribution in [3.8, 4) is 34.5 Å². The molecule has 4 aromatic carbocycles. The third kappa shape index (κ3) is 16.6. The van der Waals surface area contributed by atoms with Gasteiger partial charge in [0.25, 0.3) is 10.1 Å². The van der Waals surface area contributed by atoms with Gasteiger partial charge in [-0.1, -0.05) is 120 Å². The number of hydrogen-bond acceptors (Lipinski definition) is 9. The van der Waals surface area contributed by atoms with Gasteiger partial charge in [-0.05, 0) is 73.7 Å². The van der Waals surface area contributed by atoms with Crippen LogP contribution in [0.1, 0.15) is 102 Å². The minimum Gasteiger partial charge on any atom is -0.872 e. The topological polar surface area (TPSA) is 173 Å². The average molecular weight is 795 g/mol. The van der Waals surface area contributed by atoms with Crippen molar-refractivity contribution in [1.29, 1.82) is 0 Å². The molecule has 0 amide bonds. The van der Waals surface area contributed by atoms with E-state index in [0.29, 0.717) is 35.5 Å². The Morgan fingerprint density at radius 1 is 0.585 bits per heavy atom. The number of benzene rings is 4. The van der Waals surface area contributed by atoms with Crippen LogP contribution in [-0.2, 0) is 33.1 Å². The summed E-state index contributed by atoms with van der Waals surface area (Å²) < 4.78 is 78.9. The van der Waals surface area contributed by atoms with Crippen LogP contribution in [0.25, 0.3) is 0 Å². The molecule has 0 saturated heterocycles. The summed E-state index contributed by atoms with van der Waals surface area (Å²) in [6, 6.07) is 21.9. The van der Waals surface area contributed by atoms with Gasteiger partial charge in [0.05, 0.1) is 4.90 Å². The molecule has 0 atom stereocenters. The Kier molecular flexibility index (Phi) is 20.8. The van der Waals surface area contributed by atoms with Crippen LogP contribution < -0.4 is 14.6 Å². The fourth-order valence-electron chi connectivity index (χ4n) is 5.55. The number of phenolic OH excluding ortho intramolecular Hbond substituents is 1. The van der Waals surface area contributed by atoms with Crippen molar-refractivity contribution >= 4 is 58.0 Å². The number of rotatable bonds is 20. The van der Waals surface area contributed by atoms with Gasteiger partial charge < -0.3 is 24.2 Å². The molecule has 10 nitrogen and oxygen atoms in total. The van der Waals surface area contributed by atoms with Crippen LogP contribution >= 0.6 is 0 Å². The minimum absolute atomic E-state index is 0. The van der Waals surface area contributed by atoms with E-state index in [-0.39, 0.29) is 65.6 Å². The van der Waals surface area contributed by atoms with E-state index in [9.17, 15) is 36.2 Å². The molecule has 13 heteroatoms. The van der Waals surface area contributed by atoms with Crippen molar-refractivity contribution in [3.63, 3.8) is 0 Å². The number of aromatic hydroxyl groups is 1. The van der Waals surface area contributed by atoms with Crippen LogP contribution in [0.15, 0.2) is 94.7 Å². The first-order valence-electron chi connectivity index (χ1n) is 17.9. The summed E-state index contributed by atoms with van der Waals surface area (Å²) >= 11 is 0. The van der Waals surface area contributed by atoms with Crippen LogP contribution in [0.3, 0.4) is 0 Å². The molecule has 284 valence electrons. The fourth-order valence-corrected chi connectivity index (χ4v) is 6.83. The number of ether oxygens (including phenoxy) is 2. The summed E-state index contributed by atoms with van der Waals surface area (Å²) in [6.07, 6.45) is 13.9. The molecular weight excluding hydrogens is 745 g/mol. The molecule has 0 fully saturated rings. The maximum atomic E-state index is 12.3. The Morgan fingerprint density at radius 3 is 1.45 bits per heavy atom. The van der Waals surface area contributed by atoms with E-state index >= 15 is 0 Å². The molecule has 0 aliphatic heterocycles. The van der Waals surface area contributed by atoms with Crippen molar-refractivity contribution in [1.82, 2.24) is 0 Å². The summed E-state index contributed by atoms with van der Waals surface area (Å²) in [5, 5.41) is 22.5. The molecule has 0 aliphatic rings. The van der Waals surface area contributed by atoms with Crippen molar-refractivity contribution in [3.05, 3.63) is 96.1 Å². The van der Waals surface area contributed by atoms with E-state index in [2.05, 4.69) is 13.8 Å². The van der Waals surface area contributed by atoms with Gasteiger partial charge in [-0.3, -0.25) is 4.55 Å². The Balaban J connectivity index is 0.000000360. The number of phenols is 1. The molecule has 53 heavy (non-hydrogen) atoms. The molecule has 2 N–H and O–H groups in total. The zero-order valence-electron chi connectivity index (χ0n) is 30.7. The van der Waals surface area contributed by atoms with Crippen LogP contribution in [0, 0.1) is 0 Å². The van der Waals surface area contributed by atoms with Gasteiger partial charge in [0, 0.05) is 6.07 Å². The van der Waals surface area contributed by atoms with Gasteiger partial charge >= 0.3 is 37.7 Å². The molecule has 0 aliphatic carbocycles. The van der Waals surface area contributed by atoms with Gasteiger partial charge in [0.2, 0.25) is 0 Å². The van der Waals surface area contributed by atoms with Crippen LogP contribution in [0.2, 0.25) is 0 Å². The predicted octanol–water partition coefficient (Wildman–Crippen LogP) is 9.31. The first-order valence-corrected chi connectivity index (χ1v) is 20.8. The molecule has 0 bridgehead atoms. The first-order chi connectivity index (χ1) is 24.8. The number of hydrogen-bond donors (Lipinski definition) is 2. The molecule has 0 radical (unpaired) electrons. The third-order valence-corrected chi connectivity index (χ3v) is 10.1. The Bertz CT molecular complexity index is 1750. The maximum Gasteiger partial charge on any atom is 2.00 e. The largest absolute Gasteiger partial charge is 2.00 e. The van der Waals surface area contributed by atoms with Crippen molar-refractivity contribution < 1.29 is 45.6 Å². The SMILES string of the molecule is CCCCCCCCc1cc(S(=O)(=O)O)c(Oc2ccccc2)cc1O.CCCCCCCCc1cc(S(=O)(=O)[O-])c(Oc2ccccc2)cc1[O-].[Ca+2]. The Morgan fingerprint density at radius 2 is 1.00 bits per heavy atom. The summed E-state index contributed by atoms with van der Waals surface area (Å²) in [5.74, 6) is 0.125. The first kappa shape index (κ1) is 46.3. The fraction of sp³-hybridized carbons (Fsp3) is 0.400. The quantitative estimate of drug-likeness (QED) is 0.0499. The van der Waals surface area contributed by atoms with Gasteiger partial charge in [-0.25, -0.2) is 8.42 Å². The van der Waals surface area contributed by atoms with E-state index in [1.165, 1.54) is 43.9 Å². The molecule has 4 rings (SSSR count). The molecule has 0 heterocycles. The van der Waals surface area contributed by atoms with E-state index in [0.717, 1.165) is 57.4 Å². The maximum absolute atomic E-state index is 12.3. The number of aryl methyl sites for hydroxylation is 2. The van der Waals surface area contributed by atoms with Crippen molar-refractivity contribution in [2.45, 2.75) is 114 Å². The minimum atomic E-state index is -4.75. The van der Waals surface area contributed by atoms with Gasteiger partial charge in [-0.2, -0.15) is 8.42 Å². The Hall–Kier alpha value is -2.84. The number of para-hydroxylation sites is 2. The third-order valence-electron chi connectivity index (χ3n) is 8.36. The molecular formula is C40H50CaO10S2. The average Bonchev–Trinajstić information content (AvgIpc) is 3.09. The van der Waals surface area contributed by atoms with Crippen LogP contribution in [0.5, 0.6) is 34.5 Å². The second-order valence-corrected chi connectivity index (χ2v) is 15.4. The standard InChI is InChI=1S/2C20H26O5S.Ca/c2*1-2-3-4-5-6-8-11-16-14-20(26(22,23)24)19(15-18(16)21)25-17-12-9-7-10-13-17;/h2*7,9-10,12-15,21H,2-6,8,11H2,1H3,(H,22,23,24);/q;;+2/p-2. The van der Waals surface area contributed by atoms with Crippen molar-refractivity contribution in [2.75, 3.05) is 0 Å². The summed E-state index contributed by atoms with van der Waals surface area (Å²) in [4.78, 5) is -0.818. The predicted molar refractivity (Wildman–Crippen MR) is 205 cm³/mol. The summed E-state index contributed by atoms with van der Waals surface area (Å²) in [5.41, 5.74) is 0.837. The van der Waals surface area contributed by atoms with E-state index < -0.39 is 25.1 Å². The zero-order valence-corrected chi connectivity index (χ0v) is 34.5. The second kappa shape index (κ2) is 23.8. The molecule has 0 saturated carbocycles. The van der Waals surface area contributed by atoms with Gasteiger partial charge in [0.1, 0.15) is 38.0 Å².